The molecule has 0 bridgehead atoms. The SMILES string of the molecule is Cc1ccc(-c2ccccc2[Se]S[Se]c2ccccc2-c2ccc(C)cc2)cc1. The first-order chi connectivity index (χ1) is 14.2. The number of hydrogen-bond acceptors (Lipinski definition) is 1. The van der Waals surface area contributed by atoms with Crippen molar-refractivity contribution in [3.63, 3.8) is 0 Å². The van der Waals surface area contributed by atoms with Crippen molar-refractivity contribution in [1.82, 2.24) is 0 Å². The fourth-order valence-electron chi connectivity index (χ4n) is 3.11. The molecule has 0 N–H and O–H groups in total. The van der Waals surface area contributed by atoms with Crippen molar-refractivity contribution in [2.75, 3.05) is 0 Å². The van der Waals surface area contributed by atoms with Gasteiger partial charge in [-0.05, 0) is 0 Å². The van der Waals surface area contributed by atoms with Crippen molar-refractivity contribution in [1.29, 1.82) is 0 Å². The van der Waals surface area contributed by atoms with E-state index in [1.54, 1.807) is 0 Å². The summed E-state index contributed by atoms with van der Waals surface area (Å²) in [5.74, 6) is 0. The molecule has 3 heteroatoms. The Kier molecular flexibility index (Phi) is 6.97. The van der Waals surface area contributed by atoms with E-state index in [9.17, 15) is 0 Å². The molecule has 0 fully saturated rings. The minimum atomic E-state index is 0.391. The monoisotopic (exact) mass is 526 g/mol. The summed E-state index contributed by atoms with van der Waals surface area (Å²) in [5, 5.41) is 0. The summed E-state index contributed by atoms with van der Waals surface area (Å²) >= 11 is 0.781. The predicted octanol–water partition coefficient (Wildman–Crippen LogP) is 5.56. The van der Waals surface area contributed by atoms with Gasteiger partial charge in [-0.1, -0.05) is 0 Å². The van der Waals surface area contributed by atoms with Gasteiger partial charge in [0.05, 0.1) is 0 Å². The predicted molar refractivity (Wildman–Crippen MR) is 132 cm³/mol. The van der Waals surface area contributed by atoms with Gasteiger partial charge in [-0.2, -0.15) is 0 Å². The second-order valence-electron chi connectivity index (χ2n) is 6.96. The fourth-order valence-corrected chi connectivity index (χ4v) is 13.6. The number of aryl methyl sites for hydroxylation is 2. The molecule has 0 aliphatic heterocycles. The van der Waals surface area contributed by atoms with Crippen LogP contribution < -0.4 is 8.92 Å². The van der Waals surface area contributed by atoms with Crippen molar-refractivity contribution in [3.8, 4) is 22.3 Å². The molecule has 0 amide bonds. The fraction of sp³-hybridized carbons (Fsp3) is 0.0769. The third kappa shape index (κ3) is 5.25. The molecule has 4 rings (SSSR count). The van der Waals surface area contributed by atoms with E-state index in [0.717, 1.165) is 0 Å². The van der Waals surface area contributed by atoms with E-state index >= 15 is 0 Å². The average molecular weight is 524 g/mol. The molecule has 0 nitrogen and oxygen atoms in total. The van der Waals surface area contributed by atoms with Gasteiger partial charge in [0.1, 0.15) is 0 Å². The van der Waals surface area contributed by atoms with Gasteiger partial charge in [-0.15, -0.1) is 0 Å². The standard InChI is InChI=1S/C26H22SSe2/c1-19-11-15-21(16-12-19)23-7-3-5-9-25(23)28-27-29-26-10-6-4-8-24(26)22-17-13-20(2)14-18-22/h3-18H,1-2H3. The summed E-state index contributed by atoms with van der Waals surface area (Å²) in [6, 6.07) is 35.5. The molecule has 0 saturated carbocycles. The zero-order valence-corrected chi connectivity index (χ0v) is 20.7. The molecular formula is C26H22SSe2. The Labute approximate surface area is 188 Å². The topological polar surface area (TPSA) is 0 Å². The van der Waals surface area contributed by atoms with E-state index < -0.39 is 0 Å². The Morgan fingerprint density at radius 3 is 1.28 bits per heavy atom. The van der Waals surface area contributed by atoms with E-state index in [1.165, 1.54) is 42.3 Å². The summed E-state index contributed by atoms with van der Waals surface area (Å²) in [5.41, 5.74) is 8.01. The van der Waals surface area contributed by atoms with E-state index in [2.05, 4.69) is 120 Å². The summed E-state index contributed by atoms with van der Waals surface area (Å²) in [7, 11) is 2.11. The molecule has 0 saturated heterocycles. The number of rotatable bonds is 6. The summed E-state index contributed by atoms with van der Waals surface area (Å²) in [6.07, 6.45) is 0. The van der Waals surface area contributed by atoms with Crippen LogP contribution in [-0.2, 0) is 0 Å². The van der Waals surface area contributed by atoms with Gasteiger partial charge >= 0.3 is 189 Å². The third-order valence-electron chi connectivity index (χ3n) is 4.75. The van der Waals surface area contributed by atoms with E-state index in [-0.39, 0.29) is 0 Å². The van der Waals surface area contributed by atoms with E-state index in [0.29, 0.717) is 27.7 Å². The molecule has 0 aliphatic rings. The van der Waals surface area contributed by atoms with Crippen LogP contribution in [-0.4, -0.2) is 27.7 Å². The van der Waals surface area contributed by atoms with Gasteiger partial charge in [0, 0.05) is 0 Å². The maximum absolute atomic E-state index is 2.30. The maximum atomic E-state index is 2.30. The van der Waals surface area contributed by atoms with Crippen molar-refractivity contribution in [2.45, 2.75) is 13.8 Å². The van der Waals surface area contributed by atoms with E-state index in [4.69, 9.17) is 0 Å². The Hall–Kier alpha value is -1.73. The molecule has 144 valence electrons. The molecule has 0 spiro atoms. The van der Waals surface area contributed by atoms with Crippen molar-refractivity contribution in [3.05, 3.63) is 108 Å². The molecule has 0 aromatic heterocycles. The van der Waals surface area contributed by atoms with Crippen molar-refractivity contribution >= 4 is 45.2 Å². The summed E-state index contributed by atoms with van der Waals surface area (Å²) in [4.78, 5) is 0. The normalized spacial score (nSPS) is 10.8. The summed E-state index contributed by atoms with van der Waals surface area (Å²) < 4.78 is 2.95. The first-order valence-corrected chi connectivity index (χ1v) is 16.1. The van der Waals surface area contributed by atoms with Crippen LogP contribution >= 0.6 is 8.60 Å². The van der Waals surface area contributed by atoms with Crippen LogP contribution in [0.25, 0.3) is 22.3 Å². The van der Waals surface area contributed by atoms with Gasteiger partial charge in [-0.3, -0.25) is 0 Å². The van der Waals surface area contributed by atoms with Gasteiger partial charge in [0.2, 0.25) is 0 Å². The molecule has 4 aromatic rings. The van der Waals surface area contributed by atoms with Gasteiger partial charge in [0.15, 0.2) is 0 Å². The van der Waals surface area contributed by atoms with E-state index in [1.807, 2.05) is 0 Å². The van der Waals surface area contributed by atoms with Gasteiger partial charge in [0.25, 0.3) is 0 Å². The molecule has 0 radical (unpaired) electrons. The minimum absolute atomic E-state index is 0.391. The molecule has 0 atom stereocenters. The van der Waals surface area contributed by atoms with Gasteiger partial charge in [-0.25, -0.2) is 0 Å². The van der Waals surface area contributed by atoms with Crippen LogP contribution in [0.15, 0.2) is 97.1 Å². The summed E-state index contributed by atoms with van der Waals surface area (Å²) in [6.45, 7) is 4.28. The Bertz CT molecular complexity index is 997. The molecule has 29 heavy (non-hydrogen) atoms. The molecule has 0 aliphatic carbocycles. The van der Waals surface area contributed by atoms with Crippen LogP contribution in [0.1, 0.15) is 11.1 Å². The first-order valence-electron chi connectivity index (χ1n) is 9.54. The quantitative estimate of drug-likeness (QED) is 0.298. The zero-order valence-electron chi connectivity index (χ0n) is 16.5. The second-order valence-corrected chi connectivity index (χ2v) is 16.7. The number of benzene rings is 4. The number of hydrogen-bond donors (Lipinski definition) is 0. The molecule has 0 heterocycles. The van der Waals surface area contributed by atoms with Crippen molar-refractivity contribution in [2.24, 2.45) is 0 Å². The van der Waals surface area contributed by atoms with Crippen LogP contribution in [0.4, 0.5) is 0 Å². The van der Waals surface area contributed by atoms with Crippen LogP contribution in [0.3, 0.4) is 0 Å². The van der Waals surface area contributed by atoms with Crippen LogP contribution in [0.5, 0.6) is 0 Å². The Morgan fingerprint density at radius 1 is 0.483 bits per heavy atom. The first kappa shape index (κ1) is 20.5. The molecule has 4 aromatic carbocycles. The molecule has 0 unspecified atom stereocenters. The van der Waals surface area contributed by atoms with Gasteiger partial charge < -0.3 is 0 Å². The van der Waals surface area contributed by atoms with Crippen LogP contribution in [0, 0.1) is 13.8 Å². The third-order valence-corrected chi connectivity index (χ3v) is 14.3. The van der Waals surface area contributed by atoms with Crippen LogP contribution in [0.2, 0.25) is 0 Å². The Morgan fingerprint density at radius 2 is 0.862 bits per heavy atom. The average Bonchev–Trinajstić information content (AvgIpc) is 2.76. The second kappa shape index (κ2) is 9.85. The van der Waals surface area contributed by atoms with Crippen molar-refractivity contribution < 1.29 is 0 Å². The zero-order chi connectivity index (χ0) is 20.1. The Balaban J connectivity index is 1.51. The molecular weight excluding hydrogens is 502 g/mol.